The number of hydrogen-bond donors (Lipinski definition) is 0. The number of carbonyl (C=O) groups is 3. The van der Waals surface area contributed by atoms with E-state index < -0.39 is 0 Å². The molecule has 0 spiro atoms. The number of rotatable bonds is 7. The molecule has 0 aromatic carbocycles. The van der Waals surface area contributed by atoms with Crippen molar-refractivity contribution in [1.29, 1.82) is 0 Å². The van der Waals surface area contributed by atoms with Crippen LogP contribution in [0.5, 0.6) is 0 Å². The van der Waals surface area contributed by atoms with Crippen molar-refractivity contribution in [1.82, 2.24) is 4.90 Å². The summed E-state index contributed by atoms with van der Waals surface area (Å²) in [5, 5.41) is 0. The molecule has 1 aliphatic rings. The van der Waals surface area contributed by atoms with Gasteiger partial charge in [-0.1, -0.05) is 13.8 Å². The molecule has 4 nitrogen and oxygen atoms in total. The maximum absolute atomic E-state index is 12.2. The van der Waals surface area contributed by atoms with Gasteiger partial charge in [0.2, 0.25) is 12.3 Å². The molecule has 0 aliphatic heterocycles. The van der Waals surface area contributed by atoms with Crippen LogP contribution in [0.2, 0.25) is 0 Å². The van der Waals surface area contributed by atoms with Crippen molar-refractivity contribution in [3.05, 3.63) is 0 Å². The van der Waals surface area contributed by atoms with Gasteiger partial charge in [-0.05, 0) is 51.4 Å². The molecule has 20 heavy (non-hydrogen) atoms. The minimum absolute atomic E-state index is 0.0429. The molecule has 0 atom stereocenters. The van der Waals surface area contributed by atoms with E-state index in [0.29, 0.717) is 18.9 Å². The van der Waals surface area contributed by atoms with Crippen LogP contribution in [0.3, 0.4) is 0 Å². The Morgan fingerprint density at radius 1 is 1.15 bits per heavy atom. The molecule has 0 saturated heterocycles. The summed E-state index contributed by atoms with van der Waals surface area (Å²) < 4.78 is 0. The maximum Gasteiger partial charge on any atom is 0.232 e. The van der Waals surface area contributed by atoms with E-state index in [9.17, 15) is 14.4 Å². The zero-order chi connectivity index (χ0) is 15.1. The fourth-order valence-corrected chi connectivity index (χ4v) is 3.09. The third-order valence-electron chi connectivity index (χ3n) is 4.62. The molecule has 2 amide bonds. The highest BCUT2D eigenvalue weighted by Crippen LogP contribution is 2.30. The summed E-state index contributed by atoms with van der Waals surface area (Å²) in [5.74, 6) is 0.719. The molecule has 0 heterocycles. The Morgan fingerprint density at radius 3 is 2.10 bits per heavy atom. The van der Waals surface area contributed by atoms with Crippen LogP contribution in [-0.4, -0.2) is 29.5 Å². The second-order valence-corrected chi connectivity index (χ2v) is 5.94. The summed E-state index contributed by atoms with van der Waals surface area (Å²) in [5.41, 5.74) is 0. The van der Waals surface area contributed by atoms with Gasteiger partial charge < -0.3 is 0 Å². The second kappa shape index (κ2) is 8.18. The molecule has 0 aromatic rings. The van der Waals surface area contributed by atoms with Crippen LogP contribution in [-0.2, 0) is 14.4 Å². The van der Waals surface area contributed by atoms with Crippen molar-refractivity contribution in [2.45, 2.75) is 59.3 Å². The summed E-state index contributed by atoms with van der Waals surface area (Å²) in [6.07, 6.45) is 5.89. The lowest BCUT2D eigenvalue weighted by molar-refractivity contribution is -0.142. The zero-order valence-corrected chi connectivity index (χ0v) is 12.9. The molecular weight excluding hydrogens is 254 g/mol. The molecule has 1 rings (SSSR count). The minimum atomic E-state index is -0.0474. The lowest BCUT2D eigenvalue weighted by Crippen LogP contribution is -2.39. The van der Waals surface area contributed by atoms with Crippen molar-refractivity contribution < 1.29 is 14.4 Å². The Bertz CT molecular complexity index is 342. The van der Waals surface area contributed by atoms with E-state index in [-0.39, 0.29) is 23.5 Å². The third-order valence-corrected chi connectivity index (χ3v) is 4.62. The van der Waals surface area contributed by atoms with Crippen molar-refractivity contribution in [2.24, 2.45) is 17.8 Å². The number of nitrogens with zero attached hydrogens (tertiary/aromatic N) is 1. The van der Waals surface area contributed by atoms with E-state index in [1.54, 1.807) is 6.92 Å². The van der Waals surface area contributed by atoms with E-state index in [0.717, 1.165) is 38.5 Å². The highest BCUT2D eigenvalue weighted by atomic mass is 16.2. The van der Waals surface area contributed by atoms with Crippen molar-refractivity contribution in [3.63, 3.8) is 0 Å². The molecule has 0 aromatic heterocycles. The predicted molar refractivity (Wildman–Crippen MR) is 78.0 cm³/mol. The summed E-state index contributed by atoms with van der Waals surface area (Å²) in [6, 6.07) is 0. The Hall–Kier alpha value is -1.19. The average Bonchev–Trinajstić information content (AvgIpc) is 2.46. The van der Waals surface area contributed by atoms with Gasteiger partial charge in [-0.2, -0.15) is 0 Å². The molecule has 0 radical (unpaired) electrons. The average molecular weight is 281 g/mol. The standard InChI is InChI=1S/C16H27NO3/c1-4-14(5-2)16(20)17(11-18)10-13-6-8-15(9-7-13)12(3)19/h11,13-15H,4-10H2,1-3H3. The third kappa shape index (κ3) is 4.43. The van der Waals surface area contributed by atoms with Crippen LogP contribution in [0.1, 0.15) is 59.3 Å². The largest absolute Gasteiger partial charge is 0.300 e. The van der Waals surface area contributed by atoms with E-state index >= 15 is 0 Å². The molecule has 0 bridgehead atoms. The fourth-order valence-electron chi connectivity index (χ4n) is 3.09. The van der Waals surface area contributed by atoms with Crippen molar-refractivity contribution in [3.8, 4) is 0 Å². The lowest BCUT2D eigenvalue weighted by atomic mass is 9.80. The van der Waals surface area contributed by atoms with Crippen LogP contribution in [0.4, 0.5) is 0 Å². The van der Waals surface area contributed by atoms with E-state index in [1.807, 2.05) is 13.8 Å². The highest BCUT2D eigenvalue weighted by molar-refractivity contribution is 5.87. The fraction of sp³-hybridized carbons (Fsp3) is 0.812. The normalized spacial score (nSPS) is 22.6. The van der Waals surface area contributed by atoms with Gasteiger partial charge in [0, 0.05) is 18.4 Å². The van der Waals surface area contributed by atoms with Gasteiger partial charge in [0.1, 0.15) is 5.78 Å². The molecule has 1 saturated carbocycles. The van der Waals surface area contributed by atoms with Crippen LogP contribution >= 0.6 is 0 Å². The summed E-state index contributed by atoms with van der Waals surface area (Å²) >= 11 is 0. The quantitative estimate of drug-likeness (QED) is 0.674. The summed E-state index contributed by atoms with van der Waals surface area (Å²) in [6.45, 7) is 6.13. The number of Topliss-reactive ketones (excluding diaryl/α,β-unsaturated/α-hetero) is 1. The van der Waals surface area contributed by atoms with Crippen LogP contribution < -0.4 is 0 Å². The topological polar surface area (TPSA) is 54.5 Å². The van der Waals surface area contributed by atoms with Gasteiger partial charge >= 0.3 is 0 Å². The summed E-state index contributed by atoms with van der Waals surface area (Å²) in [4.78, 5) is 36.1. The number of ketones is 1. The molecular formula is C16H27NO3. The van der Waals surface area contributed by atoms with Gasteiger partial charge in [0.25, 0.3) is 0 Å². The Balaban J connectivity index is 2.51. The van der Waals surface area contributed by atoms with Crippen LogP contribution in [0.25, 0.3) is 0 Å². The molecule has 1 aliphatic carbocycles. The number of amides is 2. The first-order valence-corrected chi connectivity index (χ1v) is 7.79. The smallest absolute Gasteiger partial charge is 0.232 e. The number of hydrogen-bond acceptors (Lipinski definition) is 3. The minimum Gasteiger partial charge on any atom is -0.300 e. The van der Waals surface area contributed by atoms with Gasteiger partial charge in [-0.15, -0.1) is 0 Å². The van der Waals surface area contributed by atoms with Crippen LogP contribution in [0, 0.1) is 17.8 Å². The van der Waals surface area contributed by atoms with Gasteiger partial charge in [-0.3, -0.25) is 19.3 Å². The molecule has 0 N–H and O–H groups in total. The van der Waals surface area contributed by atoms with E-state index in [4.69, 9.17) is 0 Å². The first kappa shape index (κ1) is 16.9. The van der Waals surface area contributed by atoms with E-state index in [2.05, 4.69) is 0 Å². The number of carbonyl (C=O) groups excluding carboxylic acids is 3. The van der Waals surface area contributed by atoms with Crippen molar-refractivity contribution in [2.75, 3.05) is 6.54 Å². The maximum atomic E-state index is 12.2. The molecule has 4 heteroatoms. The Labute approximate surface area is 121 Å². The molecule has 1 fully saturated rings. The van der Waals surface area contributed by atoms with Gasteiger partial charge in [-0.25, -0.2) is 0 Å². The first-order valence-electron chi connectivity index (χ1n) is 7.79. The SMILES string of the molecule is CCC(CC)C(=O)N(C=O)CC1CCC(C(C)=O)CC1. The van der Waals surface area contributed by atoms with Gasteiger partial charge in [0.05, 0.1) is 0 Å². The Morgan fingerprint density at radius 2 is 1.70 bits per heavy atom. The monoisotopic (exact) mass is 281 g/mol. The van der Waals surface area contributed by atoms with E-state index in [1.165, 1.54) is 4.90 Å². The van der Waals surface area contributed by atoms with Crippen LogP contribution in [0.15, 0.2) is 0 Å². The molecule has 114 valence electrons. The Kier molecular flexibility index (Phi) is 6.89. The number of imide groups is 1. The van der Waals surface area contributed by atoms with Gasteiger partial charge in [0.15, 0.2) is 0 Å². The zero-order valence-electron chi connectivity index (χ0n) is 12.9. The predicted octanol–water partition coefficient (Wildman–Crippen LogP) is 2.80. The highest BCUT2D eigenvalue weighted by Gasteiger charge is 2.28. The van der Waals surface area contributed by atoms with Crippen molar-refractivity contribution >= 4 is 18.1 Å². The first-order chi connectivity index (χ1) is 9.53. The summed E-state index contributed by atoms with van der Waals surface area (Å²) in [7, 11) is 0. The molecule has 0 unspecified atom stereocenters. The lowest BCUT2D eigenvalue weighted by Gasteiger charge is -2.30. The second-order valence-electron chi connectivity index (χ2n) is 5.94.